The molecule has 0 bridgehead atoms. The minimum Gasteiger partial charge on any atom is -0.311 e. The summed E-state index contributed by atoms with van der Waals surface area (Å²) < 4.78 is 36.6. The van der Waals surface area contributed by atoms with Crippen molar-refractivity contribution in [3.05, 3.63) is 16.1 Å². The molecule has 0 saturated heterocycles. The molecule has 0 aromatic carbocycles. The van der Waals surface area contributed by atoms with Gasteiger partial charge in [0.05, 0.1) is 0 Å². The van der Waals surface area contributed by atoms with Gasteiger partial charge in [0.25, 0.3) is 0 Å². The molecule has 1 aromatic rings. The van der Waals surface area contributed by atoms with Crippen LogP contribution in [-0.4, -0.2) is 37.1 Å². The number of hydrogen-bond acceptors (Lipinski definition) is 4. The molecule has 1 rings (SSSR count). The fraction of sp³-hybridized carbons (Fsp3) is 0.667. The van der Waals surface area contributed by atoms with Gasteiger partial charge in [-0.25, -0.2) is 4.98 Å². The molecule has 1 N–H and O–H groups in total. The standard InChI is InChI=1S/C9H14F3N3S/c1-15(2)4-3-13-5-7-6-14-8(16-7)9(10,11)12/h6,13H,3-5H2,1-2H3. The summed E-state index contributed by atoms with van der Waals surface area (Å²) in [6.07, 6.45) is -3.05. The summed E-state index contributed by atoms with van der Waals surface area (Å²) in [5.41, 5.74) is 0. The third kappa shape index (κ3) is 4.46. The summed E-state index contributed by atoms with van der Waals surface area (Å²) in [5.74, 6) is 0. The lowest BCUT2D eigenvalue weighted by Crippen LogP contribution is -2.25. The number of nitrogens with zero attached hydrogens (tertiary/aromatic N) is 2. The predicted molar refractivity (Wildman–Crippen MR) is 57.4 cm³/mol. The number of alkyl halides is 3. The van der Waals surface area contributed by atoms with E-state index in [0.29, 0.717) is 22.8 Å². The highest BCUT2D eigenvalue weighted by atomic mass is 32.1. The zero-order valence-corrected chi connectivity index (χ0v) is 9.95. The highest BCUT2D eigenvalue weighted by molar-refractivity contribution is 7.11. The van der Waals surface area contributed by atoms with Crippen LogP contribution in [0.5, 0.6) is 0 Å². The fourth-order valence-electron chi connectivity index (χ4n) is 1.03. The normalized spacial score (nSPS) is 12.4. The summed E-state index contributed by atoms with van der Waals surface area (Å²) in [5, 5.41) is 2.28. The smallest absolute Gasteiger partial charge is 0.311 e. The van der Waals surface area contributed by atoms with Gasteiger partial charge in [0.2, 0.25) is 0 Å². The maximum Gasteiger partial charge on any atom is 0.443 e. The van der Waals surface area contributed by atoms with Crippen LogP contribution in [0.25, 0.3) is 0 Å². The molecule has 0 spiro atoms. The van der Waals surface area contributed by atoms with E-state index in [1.165, 1.54) is 6.20 Å². The molecule has 3 nitrogen and oxygen atoms in total. The number of halogens is 3. The van der Waals surface area contributed by atoms with Crippen molar-refractivity contribution in [1.82, 2.24) is 15.2 Å². The molecule has 92 valence electrons. The van der Waals surface area contributed by atoms with Crippen molar-refractivity contribution in [3.8, 4) is 0 Å². The van der Waals surface area contributed by atoms with Crippen LogP contribution in [0.2, 0.25) is 0 Å². The van der Waals surface area contributed by atoms with E-state index in [4.69, 9.17) is 0 Å². The van der Waals surface area contributed by atoms with Gasteiger partial charge in [-0.2, -0.15) is 13.2 Å². The average Bonchev–Trinajstić information content (AvgIpc) is 2.59. The quantitative estimate of drug-likeness (QED) is 0.811. The maximum absolute atomic E-state index is 12.2. The molecule has 0 atom stereocenters. The van der Waals surface area contributed by atoms with Crippen molar-refractivity contribution in [2.24, 2.45) is 0 Å². The van der Waals surface area contributed by atoms with Crippen molar-refractivity contribution >= 4 is 11.3 Å². The van der Waals surface area contributed by atoms with Crippen LogP contribution in [0.3, 0.4) is 0 Å². The minimum absolute atomic E-state index is 0.432. The lowest BCUT2D eigenvalue weighted by atomic mass is 10.5. The molecule has 0 fully saturated rings. The lowest BCUT2D eigenvalue weighted by molar-refractivity contribution is -0.137. The van der Waals surface area contributed by atoms with Crippen LogP contribution in [-0.2, 0) is 12.7 Å². The van der Waals surface area contributed by atoms with Crippen molar-refractivity contribution in [1.29, 1.82) is 0 Å². The van der Waals surface area contributed by atoms with Crippen LogP contribution in [0.1, 0.15) is 9.88 Å². The number of rotatable bonds is 5. The first kappa shape index (κ1) is 13.4. The second-order valence-electron chi connectivity index (χ2n) is 3.61. The zero-order chi connectivity index (χ0) is 12.2. The average molecular weight is 253 g/mol. The van der Waals surface area contributed by atoms with E-state index in [1.807, 2.05) is 19.0 Å². The summed E-state index contributed by atoms with van der Waals surface area (Å²) in [4.78, 5) is 5.95. The number of nitrogens with one attached hydrogen (secondary N) is 1. The second kappa shape index (κ2) is 5.60. The topological polar surface area (TPSA) is 28.2 Å². The third-order valence-corrected chi connectivity index (χ3v) is 2.87. The van der Waals surface area contributed by atoms with E-state index in [-0.39, 0.29) is 0 Å². The number of thiazole rings is 1. The van der Waals surface area contributed by atoms with Crippen LogP contribution in [0, 0.1) is 0 Å². The van der Waals surface area contributed by atoms with Crippen molar-refractivity contribution in [2.75, 3.05) is 27.2 Å². The van der Waals surface area contributed by atoms with Gasteiger partial charge >= 0.3 is 6.18 Å². The van der Waals surface area contributed by atoms with E-state index < -0.39 is 11.2 Å². The Bertz CT molecular complexity index is 322. The van der Waals surface area contributed by atoms with Gasteiger partial charge in [-0.3, -0.25) is 0 Å². The monoisotopic (exact) mass is 253 g/mol. The van der Waals surface area contributed by atoms with Gasteiger partial charge < -0.3 is 10.2 Å². The molecule has 1 aromatic heterocycles. The molecule has 0 aliphatic carbocycles. The number of likely N-dealkylation sites (N-methyl/N-ethyl adjacent to an activating group) is 1. The lowest BCUT2D eigenvalue weighted by Gasteiger charge is -2.09. The zero-order valence-electron chi connectivity index (χ0n) is 9.14. The van der Waals surface area contributed by atoms with Crippen LogP contribution < -0.4 is 5.32 Å². The third-order valence-electron chi connectivity index (χ3n) is 1.83. The summed E-state index contributed by atoms with van der Waals surface area (Å²) in [7, 11) is 3.88. The largest absolute Gasteiger partial charge is 0.443 e. The highest BCUT2D eigenvalue weighted by Gasteiger charge is 2.34. The first-order valence-electron chi connectivity index (χ1n) is 4.77. The van der Waals surface area contributed by atoms with Gasteiger partial charge in [0.1, 0.15) is 0 Å². The molecule has 7 heteroatoms. The number of hydrogen-bond donors (Lipinski definition) is 1. The van der Waals surface area contributed by atoms with E-state index in [1.54, 1.807) is 0 Å². The molecule has 0 aliphatic heterocycles. The Labute approximate surface area is 96.3 Å². The minimum atomic E-state index is -4.33. The molecule has 0 saturated carbocycles. The SMILES string of the molecule is CN(C)CCNCc1cnc(C(F)(F)F)s1. The maximum atomic E-state index is 12.2. The summed E-state index contributed by atoms with van der Waals surface area (Å²) >= 11 is 0.686. The Balaban J connectivity index is 2.36. The first-order chi connectivity index (χ1) is 7.39. The molecular formula is C9H14F3N3S. The van der Waals surface area contributed by atoms with Crippen LogP contribution in [0.15, 0.2) is 6.20 Å². The van der Waals surface area contributed by atoms with Crippen molar-refractivity contribution in [2.45, 2.75) is 12.7 Å². The van der Waals surface area contributed by atoms with Gasteiger partial charge in [0, 0.05) is 30.7 Å². The molecule has 0 unspecified atom stereocenters. The first-order valence-corrected chi connectivity index (χ1v) is 5.58. The van der Waals surface area contributed by atoms with Gasteiger partial charge in [0.15, 0.2) is 5.01 Å². The van der Waals surface area contributed by atoms with Crippen molar-refractivity contribution in [3.63, 3.8) is 0 Å². The Morgan fingerprint density at radius 1 is 1.44 bits per heavy atom. The highest BCUT2D eigenvalue weighted by Crippen LogP contribution is 2.32. The van der Waals surface area contributed by atoms with E-state index in [9.17, 15) is 13.2 Å². The second-order valence-corrected chi connectivity index (χ2v) is 4.72. The van der Waals surface area contributed by atoms with Crippen LogP contribution >= 0.6 is 11.3 Å². The summed E-state index contributed by atoms with van der Waals surface area (Å²) in [6.45, 7) is 2.03. The Morgan fingerprint density at radius 3 is 2.62 bits per heavy atom. The molecule has 0 amide bonds. The Morgan fingerprint density at radius 2 is 2.12 bits per heavy atom. The van der Waals surface area contributed by atoms with Gasteiger partial charge in [-0.1, -0.05) is 0 Å². The molecule has 1 heterocycles. The fourth-order valence-corrected chi connectivity index (χ4v) is 1.78. The van der Waals surface area contributed by atoms with E-state index in [2.05, 4.69) is 10.3 Å². The summed E-state index contributed by atoms with van der Waals surface area (Å²) in [6, 6.07) is 0. The van der Waals surface area contributed by atoms with Gasteiger partial charge in [-0.05, 0) is 14.1 Å². The molecule has 0 aliphatic rings. The predicted octanol–water partition coefficient (Wildman–Crippen LogP) is 1.81. The van der Waals surface area contributed by atoms with Gasteiger partial charge in [-0.15, -0.1) is 11.3 Å². The van der Waals surface area contributed by atoms with Crippen LogP contribution in [0.4, 0.5) is 13.2 Å². The van der Waals surface area contributed by atoms with E-state index in [0.717, 1.165) is 13.1 Å². The Kier molecular flexibility index (Phi) is 4.69. The molecule has 0 radical (unpaired) electrons. The molecule has 16 heavy (non-hydrogen) atoms. The molecular weight excluding hydrogens is 239 g/mol. The van der Waals surface area contributed by atoms with Crippen molar-refractivity contribution < 1.29 is 13.2 Å². The number of aromatic nitrogens is 1. The Hall–Kier alpha value is -0.660. The van der Waals surface area contributed by atoms with E-state index >= 15 is 0 Å².